The van der Waals surface area contributed by atoms with Gasteiger partial charge < -0.3 is 9.47 Å². The zero-order valence-corrected chi connectivity index (χ0v) is 18.0. The van der Waals surface area contributed by atoms with Crippen LogP contribution in [0.3, 0.4) is 0 Å². The molecule has 0 amide bonds. The third-order valence-corrected chi connectivity index (χ3v) is 5.82. The van der Waals surface area contributed by atoms with Crippen LogP contribution in [-0.2, 0) is 26.0 Å². The zero-order valence-electron chi connectivity index (χ0n) is 17.2. The van der Waals surface area contributed by atoms with Crippen LogP contribution in [-0.4, -0.2) is 44.2 Å². The third-order valence-electron chi connectivity index (χ3n) is 4.40. The molecule has 0 bridgehead atoms. The number of ether oxygens (including phenoxy) is 2. The molecule has 0 saturated carbocycles. The number of sulfonamides is 1. The summed E-state index contributed by atoms with van der Waals surface area (Å²) in [6.07, 6.45) is 0.919. The van der Waals surface area contributed by atoms with Crippen molar-refractivity contribution in [1.82, 2.24) is 14.5 Å². The number of nitrogens with zero attached hydrogens (tertiary/aromatic N) is 2. The van der Waals surface area contributed by atoms with Crippen molar-refractivity contribution in [3.8, 4) is 11.3 Å². The van der Waals surface area contributed by atoms with Crippen LogP contribution in [0.5, 0.6) is 0 Å². The molecule has 3 aromatic rings. The van der Waals surface area contributed by atoms with Crippen LogP contribution in [0.1, 0.15) is 19.4 Å². The first-order valence-electron chi connectivity index (χ1n) is 9.93. The average Bonchev–Trinajstić information content (AvgIpc) is 3.19. The molecule has 0 aliphatic heterocycles. The minimum atomic E-state index is -3.84. The lowest BCUT2D eigenvalue weighted by molar-refractivity contribution is -0.130. The highest BCUT2D eigenvalue weighted by Gasteiger charge is 2.25. The van der Waals surface area contributed by atoms with E-state index < -0.39 is 16.3 Å². The Balaban J connectivity index is 1.91. The molecule has 30 heavy (non-hydrogen) atoms. The summed E-state index contributed by atoms with van der Waals surface area (Å²) >= 11 is 0. The van der Waals surface area contributed by atoms with E-state index in [1.54, 1.807) is 10.9 Å². The van der Waals surface area contributed by atoms with Crippen LogP contribution in [0.15, 0.2) is 71.8 Å². The number of hydrogen-bond donors (Lipinski definition) is 1. The highest BCUT2D eigenvalue weighted by Crippen LogP contribution is 2.26. The van der Waals surface area contributed by atoms with E-state index in [0.717, 1.165) is 11.1 Å². The van der Waals surface area contributed by atoms with Gasteiger partial charge in [0.25, 0.3) is 0 Å². The van der Waals surface area contributed by atoms with Crippen LogP contribution in [0.2, 0.25) is 0 Å². The maximum atomic E-state index is 13.1. The SMILES string of the molecule is CCOC(CNS(=O)(=O)c1cn(Cc2ccccc2)nc1-c1ccccc1)OCC. The maximum Gasteiger partial charge on any atom is 0.244 e. The van der Waals surface area contributed by atoms with E-state index >= 15 is 0 Å². The van der Waals surface area contributed by atoms with Gasteiger partial charge in [-0.25, -0.2) is 13.1 Å². The topological polar surface area (TPSA) is 82.5 Å². The van der Waals surface area contributed by atoms with Gasteiger partial charge in [0.05, 0.1) is 13.1 Å². The van der Waals surface area contributed by atoms with Crippen LogP contribution < -0.4 is 4.72 Å². The Morgan fingerprint density at radius 3 is 2.17 bits per heavy atom. The minimum Gasteiger partial charge on any atom is -0.352 e. The maximum absolute atomic E-state index is 13.1. The molecule has 1 N–H and O–H groups in total. The number of hydrogen-bond acceptors (Lipinski definition) is 5. The van der Waals surface area contributed by atoms with Gasteiger partial charge in [0.1, 0.15) is 10.6 Å². The molecule has 0 unspecified atom stereocenters. The van der Waals surface area contributed by atoms with Gasteiger partial charge >= 0.3 is 0 Å². The Labute approximate surface area is 177 Å². The van der Waals surface area contributed by atoms with Gasteiger partial charge in [0, 0.05) is 25.0 Å². The van der Waals surface area contributed by atoms with Crippen molar-refractivity contribution < 1.29 is 17.9 Å². The summed E-state index contributed by atoms with van der Waals surface area (Å²) in [5.41, 5.74) is 2.17. The van der Waals surface area contributed by atoms with E-state index in [-0.39, 0.29) is 11.4 Å². The molecule has 0 spiro atoms. The predicted molar refractivity (Wildman–Crippen MR) is 115 cm³/mol. The molecule has 7 nitrogen and oxygen atoms in total. The highest BCUT2D eigenvalue weighted by molar-refractivity contribution is 7.89. The van der Waals surface area contributed by atoms with Gasteiger partial charge in [-0.15, -0.1) is 0 Å². The smallest absolute Gasteiger partial charge is 0.244 e. The molecule has 1 aromatic heterocycles. The lowest BCUT2D eigenvalue weighted by Crippen LogP contribution is -2.35. The third kappa shape index (κ3) is 5.76. The lowest BCUT2D eigenvalue weighted by Gasteiger charge is -2.17. The summed E-state index contributed by atoms with van der Waals surface area (Å²) in [4.78, 5) is 0.122. The van der Waals surface area contributed by atoms with Crippen molar-refractivity contribution in [2.75, 3.05) is 19.8 Å². The highest BCUT2D eigenvalue weighted by atomic mass is 32.2. The van der Waals surface area contributed by atoms with Crippen molar-refractivity contribution in [3.05, 3.63) is 72.4 Å². The van der Waals surface area contributed by atoms with Crippen molar-refractivity contribution in [3.63, 3.8) is 0 Å². The molecule has 160 valence electrons. The van der Waals surface area contributed by atoms with Gasteiger partial charge in [-0.05, 0) is 19.4 Å². The number of nitrogens with one attached hydrogen (secondary N) is 1. The van der Waals surface area contributed by atoms with Crippen LogP contribution in [0.4, 0.5) is 0 Å². The Morgan fingerprint density at radius 1 is 0.967 bits per heavy atom. The Kier molecular flexibility index (Phi) is 7.75. The summed E-state index contributed by atoms with van der Waals surface area (Å²) in [6.45, 7) is 5.01. The quantitative estimate of drug-likeness (QED) is 0.473. The molecule has 0 radical (unpaired) electrons. The fourth-order valence-electron chi connectivity index (χ4n) is 3.04. The molecule has 1 heterocycles. The molecular weight excluding hydrogens is 402 g/mol. The Bertz CT molecular complexity index is 1020. The van der Waals surface area contributed by atoms with Crippen molar-refractivity contribution in [2.45, 2.75) is 31.6 Å². The zero-order chi connectivity index (χ0) is 21.4. The molecule has 0 fully saturated rings. The molecule has 8 heteroatoms. The van der Waals surface area contributed by atoms with Gasteiger partial charge in [-0.1, -0.05) is 60.7 Å². The van der Waals surface area contributed by atoms with Gasteiger partial charge in [-0.3, -0.25) is 4.68 Å². The van der Waals surface area contributed by atoms with Gasteiger partial charge in [0.2, 0.25) is 10.0 Å². The summed E-state index contributed by atoms with van der Waals surface area (Å²) < 4.78 is 41.4. The predicted octanol–water partition coefficient (Wildman–Crippen LogP) is 3.28. The first-order valence-corrected chi connectivity index (χ1v) is 11.4. The second-order valence-electron chi connectivity index (χ2n) is 6.58. The average molecular weight is 430 g/mol. The Morgan fingerprint density at radius 2 is 1.57 bits per heavy atom. The summed E-state index contributed by atoms with van der Waals surface area (Å²) in [5, 5.41) is 4.58. The summed E-state index contributed by atoms with van der Waals surface area (Å²) in [7, 11) is -3.84. The van der Waals surface area contributed by atoms with Crippen LogP contribution in [0.25, 0.3) is 11.3 Å². The molecule has 2 aromatic carbocycles. The van der Waals surface area contributed by atoms with Crippen molar-refractivity contribution in [2.24, 2.45) is 0 Å². The van der Waals surface area contributed by atoms with Crippen LogP contribution >= 0.6 is 0 Å². The molecule has 0 aliphatic carbocycles. The molecule has 0 aliphatic rings. The lowest BCUT2D eigenvalue weighted by atomic mass is 10.2. The minimum absolute atomic E-state index is 0.0160. The van der Waals surface area contributed by atoms with E-state index in [0.29, 0.717) is 25.5 Å². The molecule has 3 rings (SSSR count). The fourth-order valence-corrected chi connectivity index (χ4v) is 4.23. The number of rotatable bonds is 11. The van der Waals surface area contributed by atoms with Gasteiger partial charge in [-0.2, -0.15) is 5.10 Å². The summed E-state index contributed by atoms with van der Waals surface area (Å²) in [5.74, 6) is 0. The standard InChI is InChI=1S/C22H27N3O4S/c1-3-28-21(29-4-2)15-23-30(26,27)20-17-25(16-18-11-7-5-8-12-18)24-22(20)19-13-9-6-10-14-19/h5-14,17,21,23H,3-4,15-16H2,1-2H3. The summed E-state index contributed by atoms with van der Waals surface area (Å²) in [6, 6.07) is 19.1. The monoisotopic (exact) mass is 429 g/mol. The van der Waals surface area contributed by atoms with E-state index in [4.69, 9.17) is 9.47 Å². The molecule has 0 saturated heterocycles. The molecule has 0 atom stereocenters. The van der Waals surface area contributed by atoms with Crippen molar-refractivity contribution >= 4 is 10.0 Å². The van der Waals surface area contributed by atoms with E-state index in [2.05, 4.69) is 9.82 Å². The first-order chi connectivity index (χ1) is 14.5. The van der Waals surface area contributed by atoms with Crippen molar-refractivity contribution in [1.29, 1.82) is 0 Å². The van der Waals surface area contributed by atoms with Gasteiger partial charge in [0.15, 0.2) is 6.29 Å². The van der Waals surface area contributed by atoms with Crippen LogP contribution in [0, 0.1) is 0 Å². The van der Waals surface area contributed by atoms with E-state index in [1.165, 1.54) is 0 Å². The fraction of sp³-hybridized carbons (Fsp3) is 0.318. The largest absolute Gasteiger partial charge is 0.352 e. The van der Waals surface area contributed by atoms with E-state index in [9.17, 15) is 8.42 Å². The normalized spacial score (nSPS) is 11.8. The Hall–Kier alpha value is -2.52. The molecular formula is C22H27N3O4S. The first kappa shape index (κ1) is 22.2. The van der Waals surface area contributed by atoms with E-state index in [1.807, 2.05) is 74.5 Å². The second kappa shape index (κ2) is 10.5. The second-order valence-corrected chi connectivity index (χ2v) is 8.32. The number of benzene rings is 2. The number of aromatic nitrogens is 2.